The Balaban J connectivity index is 2.14. The molecule has 1 aliphatic rings. The van der Waals surface area contributed by atoms with Gasteiger partial charge in [0, 0.05) is 18.0 Å². The van der Waals surface area contributed by atoms with Gasteiger partial charge in [-0.15, -0.1) is 11.3 Å². The van der Waals surface area contributed by atoms with Crippen LogP contribution in [-0.2, 0) is 4.74 Å². The zero-order valence-electron chi connectivity index (χ0n) is 10.8. The normalized spacial score (nSPS) is 25.1. The van der Waals surface area contributed by atoms with E-state index in [2.05, 4.69) is 6.92 Å². The maximum Gasteiger partial charge on any atom is 0.264 e. The van der Waals surface area contributed by atoms with Crippen molar-refractivity contribution in [1.29, 1.82) is 0 Å². The predicted octanol–water partition coefficient (Wildman–Crippen LogP) is 2.61. The van der Waals surface area contributed by atoms with E-state index in [0.717, 1.165) is 4.88 Å². The van der Waals surface area contributed by atoms with Crippen LogP contribution in [0.25, 0.3) is 0 Å². The molecule has 2 atom stereocenters. The highest BCUT2D eigenvalue weighted by atomic mass is 32.1. The second kappa shape index (κ2) is 4.78. The minimum absolute atomic E-state index is 0.129. The molecule has 1 amide bonds. The molecule has 17 heavy (non-hydrogen) atoms. The van der Waals surface area contributed by atoms with Gasteiger partial charge in [-0.1, -0.05) is 0 Å². The van der Waals surface area contributed by atoms with E-state index in [9.17, 15) is 4.79 Å². The number of amides is 1. The summed E-state index contributed by atoms with van der Waals surface area (Å²) in [5.41, 5.74) is 1.20. The highest BCUT2D eigenvalue weighted by Crippen LogP contribution is 2.23. The van der Waals surface area contributed by atoms with Gasteiger partial charge in [-0.3, -0.25) is 4.79 Å². The zero-order chi connectivity index (χ0) is 12.6. The van der Waals surface area contributed by atoms with Gasteiger partial charge in [0.15, 0.2) is 0 Å². The topological polar surface area (TPSA) is 29.5 Å². The molecular formula is C13H19NO2S. The van der Waals surface area contributed by atoms with Crippen LogP contribution >= 0.6 is 11.3 Å². The number of thiophene rings is 1. The summed E-state index contributed by atoms with van der Waals surface area (Å²) in [4.78, 5) is 16.3. The van der Waals surface area contributed by atoms with Crippen molar-refractivity contribution >= 4 is 17.2 Å². The van der Waals surface area contributed by atoms with Crippen molar-refractivity contribution in [1.82, 2.24) is 4.90 Å². The van der Waals surface area contributed by atoms with E-state index in [1.165, 1.54) is 10.4 Å². The summed E-state index contributed by atoms with van der Waals surface area (Å²) >= 11 is 1.59. The summed E-state index contributed by atoms with van der Waals surface area (Å²) in [7, 11) is 0. The van der Waals surface area contributed by atoms with Crippen molar-refractivity contribution in [3.63, 3.8) is 0 Å². The number of hydrogen-bond acceptors (Lipinski definition) is 3. The fourth-order valence-corrected chi connectivity index (χ4v) is 3.18. The van der Waals surface area contributed by atoms with Gasteiger partial charge >= 0.3 is 0 Å². The second-order valence-electron chi connectivity index (χ2n) is 4.82. The van der Waals surface area contributed by atoms with Crippen molar-refractivity contribution in [3.05, 3.63) is 21.4 Å². The summed E-state index contributed by atoms with van der Waals surface area (Å²) in [6, 6.07) is 1.99. The Hall–Kier alpha value is -0.870. The van der Waals surface area contributed by atoms with Crippen LogP contribution in [0.15, 0.2) is 6.07 Å². The highest BCUT2D eigenvalue weighted by molar-refractivity contribution is 7.14. The van der Waals surface area contributed by atoms with Crippen molar-refractivity contribution in [2.75, 3.05) is 13.1 Å². The van der Waals surface area contributed by atoms with Crippen molar-refractivity contribution in [3.8, 4) is 0 Å². The number of carbonyl (C=O) groups is 1. The number of nitrogens with zero attached hydrogens (tertiary/aromatic N) is 1. The summed E-state index contributed by atoms with van der Waals surface area (Å²) in [6.45, 7) is 9.52. The Kier molecular flexibility index (Phi) is 3.54. The van der Waals surface area contributed by atoms with Crippen molar-refractivity contribution in [2.24, 2.45) is 0 Å². The Bertz CT molecular complexity index is 398. The Morgan fingerprint density at radius 2 is 1.94 bits per heavy atom. The van der Waals surface area contributed by atoms with Gasteiger partial charge in [-0.05, 0) is 39.3 Å². The first-order chi connectivity index (χ1) is 7.97. The van der Waals surface area contributed by atoms with Gasteiger partial charge in [0.2, 0.25) is 0 Å². The highest BCUT2D eigenvalue weighted by Gasteiger charge is 2.27. The molecule has 0 aliphatic carbocycles. The van der Waals surface area contributed by atoms with E-state index >= 15 is 0 Å². The van der Waals surface area contributed by atoms with Crippen LogP contribution in [0.3, 0.4) is 0 Å². The van der Waals surface area contributed by atoms with Crippen LogP contribution in [0.4, 0.5) is 0 Å². The lowest BCUT2D eigenvalue weighted by atomic mass is 10.2. The van der Waals surface area contributed by atoms with Gasteiger partial charge in [0.1, 0.15) is 0 Å². The molecule has 1 saturated heterocycles. The molecule has 1 aromatic heterocycles. The first-order valence-electron chi connectivity index (χ1n) is 5.99. The fourth-order valence-electron chi connectivity index (χ4n) is 2.18. The van der Waals surface area contributed by atoms with E-state index in [1.54, 1.807) is 11.3 Å². The number of aryl methyl sites for hydroxylation is 2. The largest absolute Gasteiger partial charge is 0.372 e. The summed E-state index contributed by atoms with van der Waals surface area (Å²) in [5.74, 6) is 0.146. The van der Waals surface area contributed by atoms with Crippen LogP contribution in [0.2, 0.25) is 0 Å². The molecule has 1 aliphatic heterocycles. The molecule has 2 unspecified atom stereocenters. The third kappa shape index (κ3) is 2.69. The number of rotatable bonds is 1. The third-order valence-corrected chi connectivity index (χ3v) is 4.22. The van der Waals surface area contributed by atoms with Crippen LogP contribution in [-0.4, -0.2) is 36.1 Å². The molecule has 2 rings (SSSR count). The molecule has 0 radical (unpaired) electrons. The number of carbonyl (C=O) groups excluding carboxylic acids is 1. The van der Waals surface area contributed by atoms with Crippen molar-refractivity contribution < 1.29 is 9.53 Å². The van der Waals surface area contributed by atoms with E-state index in [4.69, 9.17) is 4.74 Å². The third-order valence-electron chi connectivity index (χ3n) is 3.08. The molecule has 2 heterocycles. The smallest absolute Gasteiger partial charge is 0.264 e. The molecule has 0 saturated carbocycles. The number of morpholine rings is 1. The van der Waals surface area contributed by atoms with Crippen molar-refractivity contribution in [2.45, 2.75) is 39.9 Å². The van der Waals surface area contributed by atoms with Gasteiger partial charge < -0.3 is 9.64 Å². The molecule has 0 N–H and O–H groups in total. The van der Waals surface area contributed by atoms with Gasteiger partial charge in [0.25, 0.3) is 5.91 Å². The standard InChI is InChI=1S/C13H19NO2S/c1-8-5-12(17-11(8)4)13(15)14-6-9(2)16-10(3)7-14/h5,9-10H,6-7H2,1-4H3. The van der Waals surface area contributed by atoms with E-state index < -0.39 is 0 Å². The molecule has 94 valence electrons. The molecule has 0 bridgehead atoms. The zero-order valence-corrected chi connectivity index (χ0v) is 11.6. The summed E-state index contributed by atoms with van der Waals surface area (Å²) in [6.07, 6.45) is 0.259. The minimum atomic E-state index is 0.129. The molecule has 1 fully saturated rings. The molecule has 1 aromatic rings. The van der Waals surface area contributed by atoms with Crippen LogP contribution in [0, 0.1) is 13.8 Å². The van der Waals surface area contributed by atoms with E-state index in [-0.39, 0.29) is 18.1 Å². The maximum atomic E-state index is 12.3. The predicted molar refractivity (Wildman–Crippen MR) is 69.7 cm³/mol. The Labute approximate surface area is 106 Å². The van der Waals surface area contributed by atoms with E-state index in [0.29, 0.717) is 13.1 Å². The van der Waals surface area contributed by atoms with Crippen LogP contribution in [0.1, 0.15) is 34.0 Å². The average Bonchev–Trinajstić information content (AvgIpc) is 2.57. The molecule has 4 heteroatoms. The Morgan fingerprint density at radius 1 is 1.35 bits per heavy atom. The van der Waals surface area contributed by atoms with Crippen LogP contribution < -0.4 is 0 Å². The quantitative estimate of drug-likeness (QED) is 0.770. The molecular weight excluding hydrogens is 234 g/mol. The lowest BCUT2D eigenvalue weighted by molar-refractivity contribution is -0.0585. The fraction of sp³-hybridized carbons (Fsp3) is 0.615. The molecule has 0 aromatic carbocycles. The number of ether oxygens (including phenoxy) is 1. The van der Waals surface area contributed by atoms with E-state index in [1.807, 2.05) is 31.7 Å². The monoisotopic (exact) mass is 253 g/mol. The molecule has 0 spiro atoms. The SMILES string of the molecule is Cc1cc(C(=O)N2CC(C)OC(C)C2)sc1C. The molecule has 3 nitrogen and oxygen atoms in total. The first kappa shape index (κ1) is 12.6. The van der Waals surface area contributed by atoms with Gasteiger partial charge in [0.05, 0.1) is 17.1 Å². The number of hydrogen-bond donors (Lipinski definition) is 0. The van der Waals surface area contributed by atoms with Crippen LogP contribution in [0.5, 0.6) is 0 Å². The average molecular weight is 253 g/mol. The first-order valence-corrected chi connectivity index (χ1v) is 6.80. The van der Waals surface area contributed by atoms with Gasteiger partial charge in [-0.25, -0.2) is 0 Å². The lowest BCUT2D eigenvalue weighted by Crippen LogP contribution is -2.48. The summed E-state index contributed by atoms with van der Waals surface area (Å²) < 4.78 is 5.64. The Morgan fingerprint density at radius 3 is 2.41 bits per heavy atom. The lowest BCUT2D eigenvalue weighted by Gasteiger charge is -2.35. The minimum Gasteiger partial charge on any atom is -0.372 e. The van der Waals surface area contributed by atoms with Gasteiger partial charge in [-0.2, -0.15) is 0 Å². The summed E-state index contributed by atoms with van der Waals surface area (Å²) in [5, 5.41) is 0. The maximum absolute atomic E-state index is 12.3. The second-order valence-corrected chi connectivity index (χ2v) is 6.07.